The summed E-state index contributed by atoms with van der Waals surface area (Å²) in [4.78, 5) is 33.6. The highest BCUT2D eigenvalue weighted by molar-refractivity contribution is 5.85. The Labute approximate surface area is 177 Å². The minimum Gasteiger partial charge on any atom is -0.409 e. The Morgan fingerprint density at radius 1 is 1.20 bits per heavy atom. The fraction of sp³-hybridized carbons (Fsp3) is 0.682. The Hall–Kier alpha value is -2.35. The number of hydrogen-bond acceptors (Lipinski definition) is 6. The molecule has 1 aromatic rings. The van der Waals surface area contributed by atoms with Crippen molar-refractivity contribution in [3.05, 3.63) is 17.8 Å². The Morgan fingerprint density at radius 3 is 2.50 bits per heavy atom. The lowest BCUT2D eigenvalue weighted by atomic mass is 9.77. The molecule has 2 aliphatic heterocycles. The first-order valence-electron chi connectivity index (χ1n) is 11.0. The van der Waals surface area contributed by atoms with Crippen LogP contribution < -0.4 is 15.0 Å². The number of rotatable bonds is 3. The van der Waals surface area contributed by atoms with E-state index >= 15 is 0 Å². The number of nitrogens with zero attached hydrogens (tertiary/aromatic N) is 3. The predicted molar refractivity (Wildman–Crippen MR) is 113 cm³/mol. The van der Waals surface area contributed by atoms with E-state index in [4.69, 9.17) is 4.74 Å². The van der Waals surface area contributed by atoms with E-state index in [0.29, 0.717) is 17.7 Å². The Kier molecular flexibility index (Phi) is 5.86. The van der Waals surface area contributed by atoms with Crippen molar-refractivity contribution in [3.63, 3.8) is 0 Å². The highest BCUT2D eigenvalue weighted by Crippen LogP contribution is 2.44. The molecule has 0 aromatic carbocycles. The monoisotopic (exact) mass is 416 g/mol. The fourth-order valence-corrected chi connectivity index (χ4v) is 5.26. The van der Waals surface area contributed by atoms with Crippen LogP contribution in [0.25, 0.3) is 0 Å². The van der Waals surface area contributed by atoms with Gasteiger partial charge < -0.3 is 25.0 Å². The summed E-state index contributed by atoms with van der Waals surface area (Å²) in [7, 11) is 1.52. The molecule has 4 rings (SSSR count). The molecular formula is C22H32N4O4. The predicted octanol–water partition coefficient (Wildman–Crippen LogP) is 2.23. The molecule has 2 amide bonds. The third-order valence-electron chi connectivity index (χ3n) is 7.11. The van der Waals surface area contributed by atoms with Crippen molar-refractivity contribution in [2.75, 3.05) is 31.6 Å². The molecule has 0 unspecified atom stereocenters. The smallest absolute Gasteiger partial charge is 0.409 e. The number of likely N-dealkylation sites (tertiary alicyclic amines) is 1. The topological polar surface area (TPSA) is 95.0 Å². The summed E-state index contributed by atoms with van der Waals surface area (Å²) in [6.07, 6.45) is 6.93. The number of carbonyl (C=O) groups excluding carboxylic acids is 2. The molecule has 1 spiro atoms. The van der Waals surface area contributed by atoms with Crippen molar-refractivity contribution in [1.82, 2.24) is 15.2 Å². The van der Waals surface area contributed by atoms with Crippen LogP contribution in [-0.4, -0.2) is 65.8 Å². The van der Waals surface area contributed by atoms with E-state index in [9.17, 15) is 14.7 Å². The van der Waals surface area contributed by atoms with Gasteiger partial charge in [0.1, 0.15) is 5.82 Å². The molecule has 8 nitrogen and oxygen atoms in total. The standard InChI is InChI=1S/C22H32N4O4/c1-15-13-18(30-21(29)23-2)14-24-19(15)25-10-7-22(8-11-25)9-12-26(20(22)28)16-3-5-17(27)6-4-16/h13-14,16-17,27H,3-12H2,1-2H3,(H,23,29). The number of aliphatic hydroxyl groups is 1. The molecule has 164 valence electrons. The van der Waals surface area contributed by atoms with E-state index in [1.165, 1.54) is 7.05 Å². The third-order valence-corrected chi connectivity index (χ3v) is 7.11. The molecule has 0 bridgehead atoms. The number of pyridine rings is 1. The van der Waals surface area contributed by atoms with Crippen molar-refractivity contribution in [2.45, 2.75) is 64.0 Å². The Morgan fingerprint density at radius 2 is 1.87 bits per heavy atom. The van der Waals surface area contributed by atoms with Crippen molar-refractivity contribution < 1.29 is 19.4 Å². The van der Waals surface area contributed by atoms with Crippen LogP contribution in [0.2, 0.25) is 0 Å². The second-order valence-electron chi connectivity index (χ2n) is 8.93. The number of hydrogen-bond donors (Lipinski definition) is 2. The maximum absolute atomic E-state index is 13.3. The van der Waals surface area contributed by atoms with Gasteiger partial charge in [0.05, 0.1) is 17.7 Å². The lowest BCUT2D eigenvalue weighted by Gasteiger charge is -2.40. The lowest BCUT2D eigenvalue weighted by Crippen LogP contribution is -2.47. The van der Waals surface area contributed by atoms with E-state index in [2.05, 4.69) is 20.1 Å². The quantitative estimate of drug-likeness (QED) is 0.785. The van der Waals surface area contributed by atoms with Gasteiger partial charge in [0.15, 0.2) is 5.75 Å². The summed E-state index contributed by atoms with van der Waals surface area (Å²) >= 11 is 0. The number of amides is 2. The average Bonchev–Trinajstić information content (AvgIpc) is 3.05. The molecule has 3 heterocycles. The molecule has 3 fully saturated rings. The van der Waals surface area contributed by atoms with Gasteiger partial charge in [-0.25, -0.2) is 9.78 Å². The van der Waals surface area contributed by atoms with Crippen molar-refractivity contribution in [1.29, 1.82) is 0 Å². The SMILES string of the molecule is CNC(=O)Oc1cnc(N2CCC3(CC2)CCN(C2CCC(O)CC2)C3=O)c(C)c1. The van der Waals surface area contributed by atoms with Gasteiger partial charge in [0.2, 0.25) is 5.91 Å². The summed E-state index contributed by atoms with van der Waals surface area (Å²) in [5, 5.41) is 12.2. The number of ether oxygens (including phenoxy) is 1. The molecule has 2 N–H and O–H groups in total. The van der Waals surface area contributed by atoms with Gasteiger partial charge in [-0.05, 0) is 63.5 Å². The van der Waals surface area contributed by atoms with E-state index in [0.717, 1.165) is 76.0 Å². The van der Waals surface area contributed by atoms with Gasteiger partial charge in [-0.2, -0.15) is 0 Å². The second-order valence-corrected chi connectivity index (χ2v) is 8.93. The molecular weight excluding hydrogens is 384 g/mol. The summed E-state index contributed by atoms with van der Waals surface area (Å²) in [6, 6.07) is 2.12. The number of anilines is 1. The van der Waals surface area contributed by atoms with Crippen molar-refractivity contribution in [3.8, 4) is 5.75 Å². The van der Waals surface area contributed by atoms with Gasteiger partial charge in [-0.15, -0.1) is 0 Å². The van der Waals surface area contributed by atoms with E-state index in [1.807, 2.05) is 13.0 Å². The molecule has 2 saturated heterocycles. The van der Waals surface area contributed by atoms with Crippen LogP contribution in [0.5, 0.6) is 5.75 Å². The van der Waals surface area contributed by atoms with Gasteiger partial charge in [-0.1, -0.05) is 0 Å². The molecule has 1 saturated carbocycles. The van der Waals surface area contributed by atoms with E-state index < -0.39 is 6.09 Å². The Balaban J connectivity index is 1.38. The van der Waals surface area contributed by atoms with Gasteiger partial charge in [0.25, 0.3) is 0 Å². The molecule has 30 heavy (non-hydrogen) atoms. The summed E-state index contributed by atoms with van der Waals surface area (Å²) in [5.74, 6) is 1.63. The number of piperidine rings is 1. The zero-order valence-electron chi connectivity index (χ0n) is 17.9. The maximum atomic E-state index is 13.3. The number of nitrogens with one attached hydrogen (secondary N) is 1. The average molecular weight is 417 g/mol. The van der Waals surface area contributed by atoms with Crippen LogP contribution in [0, 0.1) is 12.3 Å². The summed E-state index contributed by atoms with van der Waals surface area (Å²) in [5.41, 5.74) is 0.718. The number of aromatic nitrogens is 1. The normalized spacial score (nSPS) is 26.2. The van der Waals surface area contributed by atoms with Crippen molar-refractivity contribution in [2.24, 2.45) is 5.41 Å². The number of aliphatic hydroxyl groups excluding tert-OH is 1. The molecule has 1 aromatic heterocycles. The molecule has 1 aliphatic carbocycles. The minimum atomic E-state index is -0.513. The fourth-order valence-electron chi connectivity index (χ4n) is 5.26. The van der Waals surface area contributed by atoms with Crippen LogP contribution in [0.3, 0.4) is 0 Å². The third kappa shape index (κ3) is 3.97. The van der Waals surface area contributed by atoms with Crippen LogP contribution in [-0.2, 0) is 4.79 Å². The largest absolute Gasteiger partial charge is 0.412 e. The first kappa shape index (κ1) is 20.9. The minimum absolute atomic E-state index is 0.194. The Bertz CT molecular complexity index is 798. The summed E-state index contributed by atoms with van der Waals surface area (Å²) in [6.45, 7) is 4.41. The molecule has 0 atom stereocenters. The van der Waals surface area contributed by atoms with Gasteiger partial charge in [0, 0.05) is 32.7 Å². The number of aryl methyl sites for hydroxylation is 1. The lowest BCUT2D eigenvalue weighted by molar-refractivity contribution is -0.139. The second kappa shape index (κ2) is 8.41. The number of carbonyl (C=O) groups is 2. The van der Waals surface area contributed by atoms with Crippen LogP contribution in [0.15, 0.2) is 12.3 Å². The van der Waals surface area contributed by atoms with Gasteiger partial charge >= 0.3 is 6.09 Å². The van der Waals surface area contributed by atoms with Crippen LogP contribution in [0.1, 0.15) is 50.5 Å². The molecule has 0 radical (unpaired) electrons. The zero-order valence-corrected chi connectivity index (χ0v) is 17.9. The summed E-state index contributed by atoms with van der Waals surface area (Å²) < 4.78 is 5.16. The molecule has 3 aliphatic rings. The zero-order chi connectivity index (χ0) is 21.3. The first-order chi connectivity index (χ1) is 14.4. The maximum Gasteiger partial charge on any atom is 0.412 e. The van der Waals surface area contributed by atoms with Crippen LogP contribution >= 0.6 is 0 Å². The highest BCUT2D eigenvalue weighted by Gasteiger charge is 2.50. The molecule has 8 heteroatoms. The van der Waals surface area contributed by atoms with E-state index in [-0.39, 0.29) is 11.5 Å². The van der Waals surface area contributed by atoms with Crippen molar-refractivity contribution >= 4 is 17.8 Å². The van der Waals surface area contributed by atoms with E-state index in [1.54, 1.807) is 6.20 Å². The van der Waals surface area contributed by atoms with Crippen LogP contribution in [0.4, 0.5) is 10.6 Å². The van der Waals surface area contributed by atoms with Gasteiger partial charge in [-0.3, -0.25) is 4.79 Å². The highest BCUT2D eigenvalue weighted by atomic mass is 16.6. The first-order valence-corrected chi connectivity index (χ1v) is 11.0.